The number of hydrogen-bond donors (Lipinski definition) is 1. The predicted molar refractivity (Wildman–Crippen MR) is 99.5 cm³/mol. The van der Waals surface area contributed by atoms with E-state index in [1.807, 2.05) is 0 Å². The van der Waals surface area contributed by atoms with E-state index in [1.54, 1.807) is 27.7 Å². The SMILES string of the molecule is CCOP(=O)(OCC)C(NC1CCS(=O)CC1)P(=O)(OCC)OCC. The molecule has 0 aromatic heterocycles. The van der Waals surface area contributed by atoms with Gasteiger partial charge in [-0.25, -0.2) is 0 Å². The van der Waals surface area contributed by atoms with Crippen molar-refractivity contribution in [2.24, 2.45) is 0 Å². The number of rotatable bonds is 12. The Balaban J connectivity index is 3.16. The number of nitrogens with one attached hydrogen (secondary N) is 1. The second-order valence-electron chi connectivity index (χ2n) is 5.41. The van der Waals surface area contributed by atoms with E-state index >= 15 is 0 Å². The van der Waals surface area contributed by atoms with Crippen LogP contribution in [0.5, 0.6) is 0 Å². The van der Waals surface area contributed by atoms with Gasteiger partial charge >= 0.3 is 15.2 Å². The minimum Gasteiger partial charge on any atom is -0.307 e. The van der Waals surface area contributed by atoms with E-state index < -0.39 is 31.5 Å². The standard InChI is InChI=1S/C14H31NO7P2S/c1-5-19-23(16,20-6-2)14(24(17,21-7-3)22-8-4)15-13-9-11-25(18)12-10-13/h13-15H,5-12H2,1-4H3. The molecule has 1 aliphatic rings. The Kier molecular flexibility index (Phi) is 10.6. The lowest BCUT2D eigenvalue weighted by Gasteiger charge is -2.35. The van der Waals surface area contributed by atoms with E-state index in [4.69, 9.17) is 18.1 Å². The van der Waals surface area contributed by atoms with Gasteiger partial charge in [0, 0.05) is 28.3 Å². The zero-order valence-corrected chi connectivity index (χ0v) is 18.1. The highest BCUT2D eigenvalue weighted by atomic mass is 32.2. The quantitative estimate of drug-likeness (QED) is 0.481. The van der Waals surface area contributed by atoms with Crippen LogP contribution in [0, 0.1) is 0 Å². The van der Waals surface area contributed by atoms with E-state index in [0.717, 1.165) is 0 Å². The molecule has 0 atom stereocenters. The van der Waals surface area contributed by atoms with E-state index in [-0.39, 0.29) is 32.5 Å². The van der Waals surface area contributed by atoms with Crippen molar-refractivity contribution in [3.05, 3.63) is 0 Å². The molecule has 0 aromatic rings. The zero-order chi connectivity index (χ0) is 18.9. The third-order valence-corrected chi connectivity index (χ3v) is 10.7. The monoisotopic (exact) mass is 419 g/mol. The van der Waals surface area contributed by atoms with Gasteiger partial charge in [-0.15, -0.1) is 0 Å². The van der Waals surface area contributed by atoms with E-state index in [1.165, 1.54) is 0 Å². The van der Waals surface area contributed by atoms with E-state index in [2.05, 4.69) is 5.32 Å². The molecule has 0 unspecified atom stereocenters. The smallest absolute Gasteiger partial charge is 0.307 e. The summed E-state index contributed by atoms with van der Waals surface area (Å²) in [5.74, 6) is 1.09. The molecule has 0 saturated carbocycles. The van der Waals surface area contributed by atoms with Crippen LogP contribution in [0.2, 0.25) is 0 Å². The Morgan fingerprint density at radius 1 is 0.880 bits per heavy atom. The van der Waals surface area contributed by atoms with Crippen LogP contribution in [0.3, 0.4) is 0 Å². The molecule has 0 aromatic carbocycles. The van der Waals surface area contributed by atoms with E-state index in [9.17, 15) is 13.3 Å². The van der Waals surface area contributed by atoms with Crippen LogP contribution >= 0.6 is 15.2 Å². The average molecular weight is 419 g/mol. The lowest BCUT2D eigenvalue weighted by molar-refractivity contribution is 0.187. The maximum Gasteiger partial charge on any atom is 0.359 e. The summed E-state index contributed by atoms with van der Waals surface area (Å²) < 4.78 is 59.9. The number of hydrogen-bond acceptors (Lipinski definition) is 8. The Morgan fingerprint density at radius 2 is 1.24 bits per heavy atom. The molecule has 25 heavy (non-hydrogen) atoms. The fourth-order valence-electron chi connectivity index (χ4n) is 2.60. The first-order chi connectivity index (χ1) is 11.8. The van der Waals surface area contributed by atoms with Crippen molar-refractivity contribution in [1.82, 2.24) is 5.32 Å². The minimum atomic E-state index is -3.79. The fourth-order valence-corrected chi connectivity index (χ4v) is 9.03. The summed E-state index contributed by atoms with van der Waals surface area (Å²) in [6.45, 7) is 7.34. The molecule has 1 rings (SSSR count). The maximum atomic E-state index is 13.3. The van der Waals surface area contributed by atoms with Crippen molar-refractivity contribution in [2.45, 2.75) is 52.1 Å². The molecule has 0 radical (unpaired) electrons. The van der Waals surface area contributed by atoms with Gasteiger partial charge in [0.2, 0.25) is 5.52 Å². The topological polar surface area (TPSA) is 100 Å². The first-order valence-corrected chi connectivity index (χ1v) is 13.4. The lowest BCUT2D eigenvalue weighted by atomic mass is 10.2. The van der Waals surface area contributed by atoms with Crippen LogP contribution in [-0.2, 0) is 38.0 Å². The van der Waals surface area contributed by atoms with Gasteiger partial charge in [0.25, 0.3) is 0 Å². The predicted octanol–water partition coefficient (Wildman–Crippen LogP) is 3.30. The summed E-state index contributed by atoms with van der Waals surface area (Å²) in [6.07, 6.45) is 1.25. The van der Waals surface area contributed by atoms with Gasteiger partial charge in [-0.1, -0.05) is 0 Å². The van der Waals surface area contributed by atoms with Gasteiger partial charge in [-0.05, 0) is 40.5 Å². The average Bonchev–Trinajstić information content (AvgIpc) is 2.55. The molecular formula is C14H31NO7P2S. The van der Waals surface area contributed by atoms with Crippen LogP contribution in [0.15, 0.2) is 0 Å². The highest BCUT2D eigenvalue weighted by molar-refractivity contribution is 7.85. The molecule has 0 aliphatic carbocycles. The Morgan fingerprint density at radius 3 is 1.56 bits per heavy atom. The largest absolute Gasteiger partial charge is 0.359 e. The summed E-state index contributed by atoms with van der Waals surface area (Å²) >= 11 is 0. The Labute approximate surface area is 153 Å². The third-order valence-electron chi connectivity index (χ3n) is 3.61. The van der Waals surface area contributed by atoms with Crippen LogP contribution in [0.1, 0.15) is 40.5 Å². The maximum absolute atomic E-state index is 13.3. The van der Waals surface area contributed by atoms with Crippen molar-refractivity contribution < 1.29 is 31.4 Å². The van der Waals surface area contributed by atoms with Crippen molar-refractivity contribution in [1.29, 1.82) is 0 Å². The van der Waals surface area contributed by atoms with Crippen molar-refractivity contribution >= 4 is 26.0 Å². The summed E-state index contributed by atoms with van der Waals surface area (Å²) in [7, 11) is -8.42. The van der Waals surface area contributed by atoms with Gasteiger partial charge in [-0.2, -0.15) is 0 Å². The molecule has 1 fully saturated rings. The van der Waals surface area contributed by atoms with Gasteiger partial charge in [0.05, 0.1) is 26.4 Å². The second kappa shape index (κ2) is 11.3. The Hall–Kier alpha value is 0.410. The molecular weight excluding hydrogens is 388 g/mol. The first-order valence-electron chi connectivity index (χ1n) is 8.73. The van der Waals surface area contributed by atoms with Gasteiger partial charge in [0.1, 0.15) is 0 Å². The molecule has 8 nitrogen and oxygen atoms in total. The van der Waals surface area contributed by atoms with Gasteiger partial charge in [-0.3, -0.25) is 18.7 Å². The molecule has 150 valence electrons. The molecule has 0 spiro atoms. The summed E-state index contributed by atoms with van der Waals surface area (Å²) in [5, 5.41) is 3.14. The van der Waals surface area contributed by atoms with Gasteiger partial charge in [0.15, 0.2) is 0 Å². The van der Waals surface area contributed by atoms with Crippen molar-refractivity contribution in [2.75, 3.05) is 37.9 Å². The second-order valence-corrected chi connectivity index (χ2v) is 11.7. The molecule has 1 N–H and O–H groups in total. The van der Waals surface area contributed by atoms with Gasteiger partial charge < -0.3 is 18.1 Å². The zero-order valence-electron chi connectivity index (χ0n) is 15.5. The van der Waals surface area contributed by atoms with Crippen LogP contribution in [0.25, 0.3) is 0 Å². The first kappa shape index (κ1) is 23.4. The molecule has 11 heteroatoms. The molecule has 0 bridgehead atoms. The van der Waals surface area contributed by atoms with Crippen LogP contribution in [-0.4, -0.2) is 53.7 Å². The van der Waals surface area contributed by atoms with Crippen molar-refractivity contribution in [3.8, 4) is 0 Å². The van der Waals surface area contributed by atoms with Crippen LogP contribution < -0.4 is 5.32 Å². The normalized spacial score (nSPS) is 22.4. The third kappa shape index (κ3) is 6.82. The fraction of sp³-hybridized carbons (Fsp3) is 1.00. The molecule has 1 saturated heterocycles. The summed E-state index contributed by atoms with van der Waals surface area (Å²) in [6, 6.07) is -0.105. The van der Waals surface area contributed by atoms with Crippen molar-refractivity contribution in [3.63, 3.8) is 0 Å². The molecule has 1 heterocycles. The molecule has 0 amide bonds. The lowest BCUT2D eigenvalue weighted by Crippen LogP contribution is -2.43. The summed E-state index contributed by atoms with van der Waals surface area (Å²) in [5.41, 5.74) is -1.21. The van der Waals surface area contributed by atoms with Crippen LogP contribution in [0.4, 0.5) is 0 Å². The highest BCUT2D eigenvalue weighted by Gasteiger charge is 2.51. The summed E-state index contributed by atoms with van der Waals surface area (Å²) in [4.78, 5) is 0. The molecule has 1 aliphatic heterocycles. The highest BCUT2D eigenvalue weighted by Crippen LogP contribution is 2.69. The minimum absolute atomic E-state index is 0.105. The van der Waals surface area contributed by atoms with E-state index in [0.29, 0.717) is 24.3 Å². The Bertz CT molecular complexity index is 459.